The highest BCUT2D eigenvalue weighted by atomic mass is 32.2. The summed E-state index contributed by atoms with van der Waals surface area (Å²) in [5.41, 5.74) is 0. The molecule has 0 aliphatic carbocycles. The molecule has 2 saturated heterocycles. The third-order valence-electron chi connectivity index (χ3n) is 7.87. The number of cyclic esters (lactones) is 1. The van der Waals surface area contributed by atoms with Gasteiger partial charge in [0, 0.05) is 17.8 Å². The number of hydrogen-bond acceptors (Lipinski definition) is 6. The predicted octanol–water partition coefficient (Wildman–Crippen LogP) is 2.78. The second-order valence-corrected chi connectivity index (χ2v) is 12.3. The van der Waals surface area contributed by atoms with Crippen molar-refractivity contribution in [1.29, 1.82) is 0 Å². The maximum absolute atomic E-state index is 14.2. The van der Waals surface area contributed by atoms with Gasteiger partial charge in [-0.3, -0.25) is 14.4 Å². The number of thioether (sulfide) groups is 1. The highest BCUT2D eigenvalue weighted by molar-refractivity contribution is 8.02. The fraction of sp³-hybridized carbons (Fsp3) is 0.731. The van der Waals surface area contributed by atoms with E-state index in [1.165, 1.54) is 0 Å². The summed E-state index contributed by atoms with van der Waals surface area (Å²) in [6.45, 7) is 9.20. The van der Waals surface area contributed by atoms with Crippen LogP contribution in [0.3, 0.4) is 0 Å². The Labute approximate surface area is 206 Å². The van der Waals surface area contributed by atoms with Crippen LogP contribution in [0.4, 0.5) is 0 Å². The third-order valence-corrected chi connectivity index (χ3v) is 9.66. The zero-order valence-electron chi connectivity index (χ0n) is 20.7. The molecule has 2 amide bonds. The van der Waals surface area contributed by atoms with Crippen LogP contribution in [0.25, 0.3) is 0 Å². The zero-order chi connectivity index (χ0) is 24.7. The van der Waals surface area contributed by atoms with E-state index in [1.807, 2.05) is 37.8 Å². The number of fused-ring (bicyclic) bond motifs is 2. The average molecular weight is 491 g/mol. The van der Waals surface area contributed by atoms with Gasteiger partial charge in [0.05, 0.1) is 35.8 Å². The van der Waals surface area contributed by atoms with E-state index in [2.05, 4.69) is 19.1 Å². The maximum Gasteiger partial charge on any atom is 0.311 e. The minimum Gasteiger partial charge on any atom is -0.465 e. The molecular weight excluding hydrogens is 452 g/mol. The van der Waals surface area contributed by atoms with Gasteiger partial charge in [-0.15, -0.1) is 11.8 Å². The Balaban J connectivity index is 1.88. The van der Waals surface area contributed by atoms with Gasteiger partial charge in [0.25, 0.3) is 0 Å². The van der Waals surface area contributed by atoms with Crippen molar-refractivity contribution in [1.82, 2.24) is 9.80 Å². The summed E-state index contributed by atoms with van der Waals surface area (Å²) in [6.07, 6.45) is 11.6. The number of unbranched alkanes of at least 4 members (excludes halogenated alkanes) is 1. The van der Waals surface area contributed by atoms with E-state index in [1.54, 1.807) is 16.7 Å². The maximum atomic E-state index is 14.2. The number of esters is 1. The fourth-order valence-electron chi connectivity index (χ4n) is 6.15. The first-order valence-corrected chi connectivity index (χ1v) is 13.5. The molecular formula is C26H38N2O5S. The van der Waals surface area contributed by atoms with Crippen LogP contribution >= 0.6 is 11.8 Å². The van der Waals surface area contributed by atoms with E-state index >= 15 is 0 Å². The van der Waals surface area contributed by atoms with Gasteiger partial charge in [0.1, 0.15) is 6.04 Å². The van der Waals surface area contributed by atoms with Crippen LogP contribution in [0.15, 0.2) is 24.3 Å². The van der Waals surface area contributed by atoms with E-state index < -0.39 is 33.4 Å². The molecule has 4 heterocycles. The minimum absolute atomic E-state index is 0.0438. The van der Waals surface area contributed by atoms with Crippen LogP contribution < -0.4 is 0 Å². The Bertz CT molecular complexity index is 888. The molecule has 8 heteroatoms. The summed E-state index contributed by atoms with van der Waals surface area (Å²) >= 11 is 1.56. The second kappa shape index (κ2) is 9.69. The van der Waals surface area contributed by atoms with Gasteiger partial charge in [0.2, 0.25) is 11.8 Å². The molecule has 7 nitrogen and oxygen atoms in total. The molecule has 34 heavy (non-hydrogen) atoms. The third kappa shape index (κ3) is 3.91. The first-order valence-electron chi connectivity index (χ1n) is 12.7. The Morgan fingerprint density at radius 2 is 1.94 bits per heavy atom. The van der Waals surface area contributed by atoms with Crippen molar-refractivity contribution >= 4 is 29.5 Å². The molecule has 0 aromatic rings. The topological polar surface area (TPSA) is 87.2 Å². The van der Waals surface area contributed by atoms with Crippen molar-refractivity contribution in [3.8, 4) is 0 Å². The van der Waals surface area contributed by atoms with Gasteiger partial charge in [-0.1, -0.05) is 51.5 Å². The van der Waals surface area contributed by atoms with E-state index in [4.69, 9.17) is 4.74 Å². The van der Waals surface area contributed by atoms with Crippen LogP contribution in [-0.4, -0.2) is 80.6 Å². The normalized spacial score (nSPS) is 37.4. The van der Waals surface area contributed by atoms with Crippen LogP contribution in [0, 0.1) is 17.8 Å². The molecule has 0 bridgehead atoms. The van der Waals surface area contributed by atoms with E-state index in [-0.39, 0.29) is 30.3 Å². The Hall–Kier alpha value is -1.80. The predicted molar refractivity (Wildman–Crippen MR) is 132 cm³/mol. The van der Waals surface area contributed by atoms with Gasteiger partial charge in [-0.25, -0.2) is 0 Å². The number of ether oxygens (including phenoxy) is 1. The molecule has 4 aliphatic heterocycles. The number of amides is 2. The lowest BCUT2D eigenvalue weighted by atomic mass is 9.74. The van der Waals surface area contributed by atoms with E-state index in [0.29, 0.717) is 19.7 Å². The molecule has 0 saturated carbocycles. The SMILES string of the molecule is CCCCN1CC=C[C@]23S[C@]4(C)/C=C\CCCOC(=O)[C@@H]4[C@H]2C(=O)N([C@@H](CO)C(C)C)C3C1=O. The Morgan fingerprint density at radius 1 is 1.18 bits per heavy atom. The van der Waals surface area contributed by atoms with Crippen molar-refractivity contribution in [3.63, 3.8) is 0 Å². The standard InChI is InChI=1S/C26H38N2O5S/c1-5-6-13-27-14-10-12-26-19(20-24(32)33-15-9-7-8-11-25(20,4)34-26)22(30)28(21(26)23(27)31)18(16-29)17(2)3/h8,10-12,17-21,29H,5-7,9,13-16H2,1-4H3/b11-8-/t18-,19-,20-,21?,25+,26-/m0/s1. The molecule has 1 unspecified atom stereocenters. The van der Waals surface area contributed by atoms with Crippen molar-refractivity contribution in [2.75, 3.05) is 26.3 Å². The quantitative estimate of drug-likeness (QED) is 0.455. The minimum atomic E-state index is -0.889. The van der Waals surface area contributed by atoms with Gasteiger partial charge in [0.15, 0.2) is 0 Å². The molecule has 4 aliphatic rings. The van der Waals surface area contributed by atoms with Crippen LogP contribution in [0.5, 0.6) is 0 Å². The van der Waals surface area contributed by atoms with Crippen molar-refractivity contribution < 1.29 is 24.2 Å². The summed E-state index contributed by atoms with van der Waals surface area (Å²) in [7, 11) is 0. The summed E-state index contributed by atoms with van der Waals surface area (Å²) < 4.78 is 4.09. The number of rotatable bonds is 6. The fourth-order valence-corrected chi connectivity index (χ4v) is 8.29. The lowest BCUT2D eigenvalue weighted by Crippen LogP contribution is -2.58. The number of hydrogen-bond donors (Lipinski definition) is 1. The number of nitrogens with zero attached hydrogens (tertiary/aromatic N) is 2. The zero-order valence-corrected chi connectivity index (χ0v) is 21.6. The van der Waals surface area contributed by atoms with Gasteiger partial charge in [-0.2, -0.15) is 0 Å². The number of likely N-dealkylation sites (tertiary alicyclic amines) is 1. The highest BCUT2D eigenvalue weighted by Gasteiger charge is 2.74. The molecule has 0 aromatic carbocycles. The average Bonchev–Trinajstić information content (AvgIpc) is 3.14. The molecule has 0 aromatic heterocycles. The Morgan fingerprint density at radius 3 is 2.62 bits per heavy atom. The summed E-state index contributed by atoms with van der Waals surface area (Å²) in [6, 6.07) is -1.27. The van der Waals surface area contributed by atoms with Crippen LogP contribution in [0.1, 0.15) is 53.4 Å². The first-order chi connectivity index (χ1) is 16.2. The monoisotopic (exact) mass is 490 g/mol. The molecule has 188 valence electrons. The van der Waals surface area contributed by atoms with Crippen LogP contribution in [0.2, 0.25) is 0 Å². The summed E-state index contributed by atoms with van der Waals surface area (Å²) in [4.78, 5) is 45.2. The lowest BCUT2D eigenvalue weighted by molar-refractivity contribution is -0.155. The number of allylic oxidation sites excluding steroid dienone is 1. The van der Waals surface area contributed by atoms with Crippen molar-refractivity contribution in [2.45, 2.75) is 75.0 Å². The molecule has 2 fully saturated rings. The molecule has 0 radical (unpaired) electrons. The van der Waals surface area contributed by atoms with Gasteiger partial charge < -0.3 is 19.6 Å². The second-order valence-electron chi connectivity index (χ2n) is 10.5. The van der Waals surface area contributed by atoms with E-state index in [9.17, 15) is 19.5 Å². The smallest absolute Gasteiger partial charge is 0.311 e. The highest BCUT2D eigenvalue weighted by Crippen LogP contribution is 2.65. The van der Waals surface area contributed by atoms with Gasteiger partial charge >= 0.3 is 5.97 Å². The molecule has 1 N–H and O–H groups in total. The van der Waals surface area contributed by atoms with Crippen LogP contribution in [-0.2, 0) is 19.1 Å². The van der Waals surface area contributed by atoms with Crippen molar-refractivity contribution in [3.05, 3.63) is 24.3 Å². The largest absolute Gasteiger partial charge is 0.465 e. The Kier molecular flexibility index (Phi) is 7.21. The number of aliphatic hydroxyl groups is 1. The first kappa shape index (κ1) is 25.3. The van der Waals surface area contributed by atoms with Crippen molar-refractivity contribution in [2.24, 2.45) is 17.8 Å². The molecule has 4 rings (SSSR count). The number of carbonyl (C=O) groups is 3. The summed E-state index contributed by atoms with van der Waals surface area (Å²) in [5.74, 6) is -2.14. The number of aliphatic hydroxyl groups excluding tert-OH is 1. The molecule has 6 atom stereocenters. The summed E-state index contributed by atoms with van der Waals surface area (Å²) in [5, 5.41) is 10.3. The lowest BCUT2D eigenvalue weighted by Gasteiger charge is -2.41. The molecule has 1 spiro atoms. The number of carbonyl (C=O) groups excluding carboxylic acids is 3. The van der Waals surface area contributed by atoms with E-state index in [0.717, 1.165) is 25.7 Å². The van der Waals surface area contributed by atoms with Gasteiger partial charge in [-0.05, 0) is 32.1 Å².